The summed E-state index contributed by atoms with van der Waals surface area (Å²) in [7, 11) is 0. The van der Waals surface area contributed by atoms with Crippen molar-refractivity contribution >= 4 is 6.03 Å². The third kappa shape index (κ3) is 3.61. The first-order valence-corrected chi connectivity index (χ1v) is 8.49. The minimum atomic E-state index is -0.0310. The molecule has 1 unspecified atom stereocenters. The molecule has 0 radical (unpaired) electrons. The van der Waals surface area contributed by atoms with Gasteiger partial charge < -0.3 is 10.6 Å². The fourth-order valence-electron chi connectivity index (χ4n) is 3.74. The van der Waals surface area contributed by atoms with Crippen LogP contribution in [0.3, 0.4) is 0 Å². The first-order valence-electron chi connectivity index (χ1n) is 8.49. The predicted octanol–water partition coefficient (Wildman–Crippen LogP) is 2.33. The van der Waals surface area contributed by atoms with E-state index in [4.69, 9.17) is 0 Å². The van der Waals surface area contributed by atoms with E-state index in [2.05, 4.69) is 39.8 Å². The maximum Gasteiger partial charge on any atom is 0.315 e. The van der Waals surface area contributed by atoms with Crippen LogP contribution in [0.25, 0.3) is 0 Å². The van der Waals surface area contributed by atoms with Gasteiger partial charge in [-0.2, -0.15) is 0 Å². The molecule has 2 N–H and O–H groups in total. The average Bonchev–Trinajstić information content (AvgIpc) is 2.90. The summed E-state index contributed by atoms with van der Waals surface area (Å²) in [6, 6.07) is 9.82. The molecule has 0 spiro atoms. The number of likely N-dealkylation sites (tertiary alicyclic amines) is 1. The zero-order valence-electron chi connectivity index (χ0n) is 13.6. The molecule has 3 rings (SSSR count). The lowest BCUT2D eigenvalue weighted by atomic mass is 10.0. The molecule has 1 saturated heterocycles. The number of carbonyl (C=O) groups excluding carboxylic acids is 1. The van der Waals surface area contributed by atoms with Gasteiger partial charge in [-0.05, 0) is 57.2 Å². The van der Waals surface area contributed by atoms with E-state index in [0.29, 0.717) is 6.04 Å². The monoisotopic (exact) mass is 301 g/mol. The number of fused-ring (bicyclic) bond motifs is 1. The van der Waals surface area contributed by atoms with Crippen molar-refractivity contribution in [1.82, 2.24) is 15.5 Å². The van der Waals surface area contributed by atoms with Crippen molar-refractivity contribution in [3.05, 3.63) is 35.4 Å². The molecule has 22 heavy (non-hydrogen) atoms. The van der Waals surface area contributed by atoms with E-state index < -0.39 is 0 Å². The summed E-state index contributed by atoms with van der Waals surface area (Å²) in [4.78, 5) is 14.5. The number of amides is 2. The molecule has 4 nitrogen and oxygen atoms in total. The maximum atomic E-state index is 11.9. The van der Waals surface area contributed by atoms with Gasteiger partial charge in [-0.25, -0.2) is 4.79 Å². The van der Waals surface area contributed by atoms with Crippen molar-refractivity contribution in [2.45, 2.75) is 57.7 Å². The standard InChI is InChI=1S/C18H27N3O/c1-13(2)19-18(22)20-16-8-5-9-21(12-16)17-10-14-6-3-4-7-15(14)11-17/h3-4,6-7,13,16-17H,5,8-12H2,1-2H3,(H2,19,20,22). The number of hydrogen-bond acceptors (Lipinski definition) is 2. The van der Waals surface area contributed by atoms with Crippen molar-refractivity contribution in [2.75, 3.05) is 13.1 Å². The summed E-state index contributed by atoms with van der Waals surface area (Å²) in [6.45, 7) is 6.11. The van der Waals surface area contributed by atoms with Crippen molar-refractivity contribution in [3.8, 4) is 0 Å². The van der Waals surface area contributed by atoms with Crippen LogP contribution in [-0.4, -0.2) is 42.1 Å². The Balaban J connectivity index is 1.54. The molecular formula is C18H27N3O. The quantitative estimate of drug-likeness (QED) is 0.900. The first-order chi connectivity index (χ1) is 10.6. The number of rotatable bonds is 3. The molecule has 2 amide bonds. The molecular weight excluding hydrogens is 274 g/mol. The van der Waals surface area contributed by atoms with Crippen LogP contribution < -0.4 is 10.6 Å². The number of carbonyl (C=O) groups is 1. The minimum absolute atomic E-state index is 0.0310. The van der Waals surface area contributed by atoms with E-state index >= 15 is 0 Å². The van der Waals surface area contributed by atoms with Crippen LogP contribution in [0.1, 0.15) is 37.8 Å². The van der Waals surface area contributed by atoms with E-state index in [1.807, 2.05) is 13.8 Å². The molecule has 1 atom stereocenters. The van der Waals surface area contributed by atoms with Crippen LogP contribution in [-0.2, 0) is 12.8 Å². The van der Waals surface area contributed by atoms with Crippen molar-refractivity contribution in [3.63, 3.8) is 0 Å². The number of nitrogens with zero attached hydrogens (tertiary/aromatic N) is 1. The van der Waals surface area contributed by atoms with Crippen molar-refractivity contribution < 1.29 is 4.79 Å². The van der Waals surface area contributed by atoms with Gasteiger partial charge in [-0.1, -0.05) is 24.3 Å². The highest BCUT2D eigenvalue weighted by Gasteiger charge is 2.30. The Kier molecular flexibility index (Phi) is 4.67. The lowest BCUT2D eigenvalue weighted by molar-refractivity contribution is 0.141. The second kappa shape index (κ2) is 6.69. The Hall–Kier alpha value is -1.55. The van der Waals surface area contributed by atoms with Crippen LogP contribution in [0, 0.1) is 0 Å². The van der Waals surface area contributed by atoms with Gasteiger partial charge >= 0.3 is 6.03 Å². The number of benzene rings is 1. The highest BCUT2D eigenvalue weighted by Crippen LogP contribution is 2.27. The summed E-state index contributed by atoms with van der Waals surface area (Å²) in [5, 5.41) is 6.05. The second-order valence-corrected chi connectivity index (χ2v) is 6.94. The third-order valence-electron chi connectivity index (χ3n) is 4.75. The Bertz CT molecular complexity index is 504. The van der Waals surface area contributed by atoms with E-state index in [0.717, 1.165) is 32.4 Å². The van der Waals surface area contributed by atoms with Crippen LogP contribution >= 0.6 is 0 Å². The van der Waals surface area contributed by atoms with E-state index in [1.54, 1.807) is 0 Å². The first kappa shape index (κ1) is 15.3. The van der Waals surface area contributed by atoms with Gasteiger partial charge in [0.1, 0.15) is 0 Å². The highest BCUT2D eigenvalue weighted by molar-refractivity contribution is 5.74. The molecule has 1 aliphatic heterocycles. The van der Waals surface area contributed by atoms with Gasteiger partial charge in [0.2, 0.25) is 0 Å². The molecule has 120 valence electrons. The molecule has 4 heteroatoms. The SMILES string of the molecule is CC(C)NC(=O)NC1CCCN(C2Cc3ccccc3C2)C1. The second-order valence-electron chi connectivity index (χ2n) is 6.94. The van der Waals surface area contributed by atoms with Crippen molar-refractivity contribution in [1.29, 1.82) is 0 Å². The summed E-state index contributed by atoms with van der Waals surface area (Å²) < 4.78 is 0. The number of nitrogens with one attached hydrogen (secondary N) is 2. The van der Waals surface area contributed by atoms with Gasteiger partial charge in [0.05, 0.1) is 0 Å². The van der Waals surface area contributed by atoms with Gasteiger partial charge in [-0.15, -0.1) is 0 Å². The average molecular weight is 301 g/mol. The maximum absolute atomic E-state index is 11.9. The Labute approximate surface area is 133 Å². The molecule has 2 aliphatic rings. The lowest BCUT2D eigenvalue weighted by Crippen LogP contribution is -2.53. The number of urea groups is 1. The van der Waals surface area contributed by atoms with Crippen LogP contribution in [0.2, 0.25) is 0 Å². The largest absolute Gasteiger partial charge is 0.336 e. The Morgan fingerprint density at radius 3 is 2.55 bits per heavy atom. The highest BCUT2D eigenvalue weighted by atomic mass is 16.2. The zero-order chi connectivity index (χ0) is 15.5. The fourth-order valence-corrected chi connectivity index (χ4v) is 3.74. The molecule has 0 bridgehead atoms. The molecule has 1 aromatic carbocycles. The number of piperidine rings is 1. The topological polar surface area (TPSA) is 44.4 Å². The number of hydrogen-bond donors (Lipinski definition) is 2. The minimum Gasteiger partial charge on any atom is -0.336 e. The molecule has 1 heterocycles. The molecule has 0 saturated carbocycles. The van der Waals surface area contributed by atoms with Crippen LogP contribution in [0.15, 0.2) is 24.3 Å². The normalized spacial score (nSPS) is 22.6. The van der Waals surface area contributed by atoms with Gasteiger partial charge in [0, 0.05) is 24.7 Å². The van der Waals surface area contributed by atoms with E-state index in [1.165, 1.54) is 17.5 Å². The molecule has 0 aromatic heterocycles. The van der Waals surface area contributed by atoms with E-state index in [-0.39, 0.29) is 18.1 Å². The molecule has 1 aliphatic carbocycles. The summed E-state index contributed by atoms with van der Waals surface area (Å²) in [6.07, 6.45) is 4.56. The Morgan fingerprint density at radius 2 is 1.91 bits per heavy atom. The lowest BCUT2D eigenvalue weighted by Gasteiger charge is -2.37. The molecule has 1 aromatic rings. The van der Waals surface area contributed by atoms with Crippen molar-refractivity contribution in [2.24, 2.45) is 0 Å². The zero-order valence-corrected chi connectivity index (χ0v) is 13.6. The summed E-state index contributed by atoms with van der Waals surface area (Å²) >= 11 is 0. The predicted molar refractivity (Wildman–Crippen MR) is 89.0 cm³/mol. The van der Waals surface area contributed by atoms with Gasteiger partial charge in [-0.3, -0.25) is 4.90 Å². The fraction of sp³-hybridized carbons (Fsp3) is 0.611. The smallest absolute Gasteiger partial charge is 0.315 e. The summed E-state index contributed by atoms with van der Waals surface area (Å²) in [5.41, 5.74) is 3.00. The van der Waals surface area contributed by atoms with Crippen LogP contribution in [0.5, 0.6) is 0 Å². The van der Waals surface area contributed by atoms with Crippen LogP contribution in [0.4, 0.5) is 4.79 Å². The third-order valence-corrected chi connectivity index (χ3v) is 4.75. The summed E-state index contributed by atoms with van der Waals surface area (Å²) in [5.74, 6) is 0. The Morgan fingerprint density at radius 1 is 1.23 bits per heavy atom. The van der Waals surface area contributed by atoms with Gasteiger partial charge in [0.25, 0.3) is 0 Å². The molecule has 1 fully saturated rings. The van der Waals surface area contributed by atoms with Gasteiger partial charge in [0.15, 0.2) is 0 Å². The van der Waals surface area contributed by atoms with E-state index in [9.17, 15) is 4.79 Å².